The minimum atomic E-state index is 0.116. The maximum Gasteiger partial charge on any atom is 0.0926 e. The molecule has 0 radical (unpaired) electrons. The van der Waals surface area contributed by atoms with Gasteiger partial charge in [-0.25, -0.2) is 0 Å². The summed E-state index contributed by atoms with van der Waals surface area (Å²) >= 11 is 0. The maximum atomic E-state index is 4.42. The molecule has 19 heavy (non-hydrogen) atoms. The standard InChI is InChI=1S/C16H23N3/c1-11-6-7-12(2)14(8-11)15-9-13(18-19-15)10-17-16(3,4)5/h6-9,17H,10H2,1-5H3,(H,18,19). The first-order chi connectivity index (χ1) is 8.85. The molecule has 0 unspecified atom stereocenters. The van der Waals surface area contributed by atoms with Gasteiger partial charge in [0, 0.05) is 23.3 Å². The summed E-state index contributed by atoms with van der Waals surface area (Å²) in [6.45, 7) is 11.5. The molecule has 0 fully saturated rings. The molecule has 1 aromatic heterocycles. The molecule has 0 aliphatic heterocycles. The molecule has 2 N–H and O–H groups in total. The van der Waals surface area contributed by atoms with Crippen LogP contribution in [0.3, 0.4) is 0 Å². The van der Waals surface area contributed by atoms with Crippen LogP contribution in [-0.2, 0) is 6.54 Å². The molecule has 1 heterocycles. The normalized spacial score (nSPS) is 11.8. The number of H-pyrrole nitrogens is 1. The molecule has 0 aliphatic rings. The lowest BCUT2D eigenvalue weighted by Gasteiger charge is -2.19. The lowest BCUT2D eigenvalue weighted by Crippen LogP contribution is -2.35. The molecular formula is C16H23N3. The Morgan fingerprint density at radius 2 is 1.89 bits per heavy atom. The molecule has 0 aliphatic carbocycles. The summed E-state index contributed by atoms with van der Waals surface area (Å²) < 4.78 is 0. The average molecular weight is 257 g/mol. The number of rotatable bonds is 3. The summed E-state index contributed by atoms with van der Waals surface area (Å²) in [6.07, 6.45) is 0. The largest absolute Gasteiger partial charge is 0.306 e. The molecule has 0 amide bonds. The molecule has 0 atom stereocenters. The van der Waals surface area contributed by atoms with Crippen LogP contribution in [0, 0.1) is 13.8 Å². The summed E-state index contributed by atoms with van der Waals surface area (Å²) in [7, 11) is 0. The van der Waals surface area contributed by atoms with Crippen molar-refractivity contribution in [2.75, 3.05) is 0 Å². The lowest BCUT2D eigenvalue weighted by molar-refractivity contribution is 0.421. The van der Waals surface area contributed by atoms with Crippen molar-refractivity contribution in [2.45, 2.75) is 46.7 Å². The highest BCUT2D eigenvalue weighted by atomic mass is 15.1. The summed E-state index contributed by atoms with van der Waals surface area (Å²) in [6, 6.07) is 8.59. The SMILES string of the molecule is Cc1ccc(C)c(-c2cc(CNC(C)(C)C)[nH]n2)c1. The van der Waals surface area contributed by atoms with E-state index in [1.54, 1.807) is 0 Å². The van der Waals surface area contributed by atoms with Gasteiger partial charge in [-0.3, -0.25) is 5.10 Å². The van der Waals surface area contributed by atoms with E-state index in [1.165, 1.54) is 16.7 Å². The quantitative estimate of drug-likeness (QED) is 0.882. The molecule has 3 heteroatoms. The Labute approximate surface area is 115 Å². The highest BCUT2D eigenvalue weighted by Gasteiger charge is 2.11. The zero-order valence-electron chi connectivity index (χ0n) is 12.5. The predicted molar refractivity (Wildman–Crippen MR) is 80.1 cm³/mol. The predicted octanol–water partition coefficient (Wildman–Crippen LogP) is 3.58. The van der Waals surface area contributed by atoms with Crippen molar-refractivity contribution in [3.8, 4) is 11.3 Å². The monoisotopic (exact) mass is 257 g/mol. The topological polar surface area (TPSA) is 40.7 Å². The van der Waals surface area contributed by atoms with Gasteiger partial charge in [-0.2, -0.15) is 5.10 Å². The van der Waals surface area contributed by atoms with Crippen LogP contribution in [0.25, 0.3) is 11.3 Å². The van der Waals surface area contributed by atoms with Gasteiger partial charge in [-0.1, -0.05) is 17.7 Å². The third-order valence-corrected chi connectivity index (χ3v) is 3.11. The maximum absolute atomic E-state index is 4.42. The first-order valence-corrected chi connectivity index (χ1v) is 6.72. The number of nitrogens with one attached hydrogen (secondary N) is 2. The van der Waals surface area contributed by atoms with Crippen LogP contribution in [0.1, 0.15) is 37.6 Å². The van der Waals surface area contributed by atoms with Gasteiger partial charge < -0.3 is 5.32 Å². The molecule has 1 aromatic carbocycles. The molecule has 3 nitrogen and oxygen atoms in total. The van der Waals surface area contributed by atoms with Crippen LogP contribution < -0.4 is 5.32 Å². The third-order valence-electron chi connectivity index (χ3n) is 3.11. The number of nitrogens with zero attached hydrogens (tertiary/aromatic N) is 1. The minimum absolute atomic E-state index is 0.116. The van der Waals surface area contributed by atoms with E-state index in [2.05, 4.69) is 74.4 Å². The number of aromatic amines is 1. The van der Waals surface area contributed by atoms with E-state index in [4.69, 9.17) is 0 Å². The van der Waals surface area contributed by atoms with Gasteiger partial charge in [-0.15, -0.1) is 0 Å². The minimum Gasteiger partial charge on any atom is -0.306 e. The second-order valence-electron chi connectivity index (χ2n) is 6.20. The summed E-state index contributed by atoms with van der Waals surface area (Å²) in [5.41, 5.74) is 5.98. The number of aryl methyl sites for hydroxylation is 2. The number of aromatic nitrogens is 2. The van der Waals surface area contributed by atoms with Crippen molar-refractivity contribution >= 4 is 0 Å². The third kappa shape index (κ3) is 3.67. The Morgan fingerprint density at radius 3 is 2.58 bits per heavy atom. The highest BCUT2D eigenvalue weighted by Crippen LogP contribution is 2.23. The van der Waals surface area contributed by atoms with E-state index in [1.807, 2.05) is 0 Å². The molecule has 0 bridgehead atoms. The van der Waals surface area contributed by atoms with Crippen LogP contribution in [0.2, 0.25) is 0 Å². The fourth-order valence-corrected chi connectivity index (χ4v) is 1.96. The fraction of sp³-hybridized carbons (Fsp3) is 0.438. The second kappa shape index (κ2) is 5.17. The smallest absolute Gasteiger partial charge is 0.0926 e. The summed E-state index contributed by atoms with van der Waals surface area (Å²) in [5.74, 6) is 0. The lowest BCUT2D eigenvalue weighted by atomic mass is 10.0. The molecular weight excluding hydrogens is 234 g/mol. The van der Waals surface area contributed by atoms with Crippen molar-refractivity contribution in [3.05, 3.63) is 41.1 Å². The van der Waals surface area contributed by atoms with Gasteiger partial charge in [0.15, 0.2) is 0 Å². The van der Waals surface area contributed by atoms with E-state index in [-0.39, 0.29) is 5.54 Å². The van der Waals surface area contributed by atoms with Crippen molar-refractivity contribution < 1.29 is 0 Å². The molecule has 102 valence electrons. The van der Waals surface area contributed by atoms with Gasteiger partial charge in [0.05, 0.1) is 5.69 Å². The van der Waals surface area contributed by atoms with Gasteiger partial charge in [0.25, 0.3) is 0 Å². The van der Waals surface area contributed by atoms with Crippen LogP contribution in [0.4, 0.5) is 0 Å². The number of hydrogen-bond donors (Lipinski definition) is 2. The van der Waals surface area contributed by atoms with E-state index in [0.29, 0.717) is 0 Å². The van der Waals surface area contributed by atoms with Crippen LogP contribution in [0.15, 0.2) is 24.3 Å². The first-order valence-electron chi connectivity index (χ1n) is 6.72. The van der Waals surface area contributed by atoms with E-state index in [9.17, 15) is 0 Å². The number of benzene rings is 1. The van der Waals surface area contributed by atoms with Gasteiger partial charge in [0.2, 0.25) is 0 Å². The van der Waals surface area contributed by atoms with Gasteiger partial charge in [-0.05, 0) is 52.3 Å². The zero-order chi connectivity index (χ0) is 14.0. The van der Waals surface area contributed by atoms with Crippen molar-refractivity contribution in [1.82, 2.24) is 15.5 Å². The molecule has 2 aromatic rings. The Bertz CT molecular complexity index is 562. The van der Waals surface area contributed by atoms with Crippen molar-refractivity contribution in [2.24, 2.45) is 0 Å². The fourth-order valence-electron chi connectivity index (χ4n) is 1.96. The molecule has 0 saturated carbocycles. The zero-order valence-corrected chi connectivity index (χ0v) is 12.5. The number of hydrogen-bond acceptors (Lipinski definition) is 2. The van der Waals surface area contributed by atoms with Crippen LogP contribution in [-0.4, -0.2) is 15.7 Å². The van der Waals surface area contributed by atoms with Gasteiger partial charge >= 0.3 is 0 Å². The van der Waals surface area contributed by atoms with Crippen LogP contribution >= 0.6 is 0 Å². The van der Waals surface area contributed by atoms with E-state index < -0.39 is 0 Å². The first kappa shape index (κ1) is 13.8. The Kier molecular flexibility index (Phi) is 3.76. The molecule has 2 rings (SSSR count). The van der Waals surface area contributed by atoms with E-state index in [0.717, 1.165) is 17.9 Å². The van der Waals surface area contributed by atoms with Gasteiger partial charge in [0.1, 0.15) is 0 Å². The Morgan fingerprint density at radius 1 is 1.16 bits per heavy atom. The second-order valence-corrected chi connectivity index (χ2v) is 6.20. The average Bonchev–Trinajstić information content (AvgIpc) is 2.77. The highest BCUT2D eigenvalue weighted by molar-refractivity contribution is 5.64. The molecule has 0 saturated heterocycles. The molecule has 0 spiro atoms. The Hall–Kier alpha value is -1.61. The Balaban J connectivity index is 2.19. The summed E-state index contributed by atoms with van der Waals surface area (Å²) in [5, 5.41) is 11.0. The van der Waals surface area contributed by atoms with Crippen molar-refractivity contribution in [1.29, 1.82) is 0 Å². The summed E-state index contributed by atoms with van der Waals surface area (Å²) in [4.78, 5) is 0. The van der Waals surface area contributed by atoms with Crippen molar-refractivity contribution in [3.63, 3.8) is 0 Å². The van der Waals surface area contributed by atoms with Crippen LogP contribution in [0.5, 0.6) is 0 Å². The van der Waals surface area contributed by atoms with E-state index >= 15 is 0 Å².